The number of unbranched alkanes of at least 4 members (excludes halogenated alkanes) is 1. The van der Waals surface area contributed by atoms with Gasteiger partial charge in [0.2, 0.25) is 0 Å². The standard InChI is InChI=1S/C12H12ClNO4/c1-2-3-6-17-14-11(15)9-7-8(13)4-5-10(9)18-12(14)16/h4-5,7H,2-3,6H2,1H3. The molecule has 0 atom stereocenters. The molecule has 0 N–H and O–H groups in total. The van der Waals surface area contributed by atoms with Gasteiger partial charge in [-0.3, -0.25) is 4.79 Å². The summed E-state index contributed by atoms with van der Waals surface area (Å²) in [7, 11) is 0. The summed E-state index contributed by atoms with van der Waals surface area (Å²) in [6.07, 6.45) is 1.65. The van der Waals surface area contributed by atoms with Gasteiger partial charge in [0, 0.05) is 5.02 Å². The minimum absolute atomic E-state index is 0.199. The average molecular weight is 270 g/mol. The zero-order valence-electron chi connectivity index (χ0n) is 9.81. The molecule has 2 aromatic rings. The summed E-state index contributed by atoms with van der Waals surface area (Å²) in [5.41, 5.74) is -0.357. The van der Waals surface area contributed by atoms with Crippen molar-refractivity contribution in [3.63, 3.8) is 0 Å². The van der Waals surface area contributed by atoms with Crippen LogP contribution < -0.4 is 16.2 Å². The van der Waals surface area contributed by atoms with Gasteiger partial charge in [0.15, 0.2) is 0 Å². The van der Waals surface area contributed by atoms with Crippen LogP contribution in [0.3, 0.4) is 0 Å². The summed E-state index contributed by atoms with van der Waals surface area (Å²) >= 11 is 5.80. The summed E-state index contributed by atoms with van der Waals surface area (Å²) in [5, 5.41) is 0.618. The van der Waals surface area contributed by atoms with Gasteiger partial charge >= 0.3 is 11.3 Å². The maximum absolute atomic E-state index is 12.0. The van der Waals surface area contributed by atoms with Gasteiger partial charge in [-0.05, 0) is 24.6 Å². The lowest BCUT2D eigenvalue weighted by atomic mass is 10.2. The van der Waals surface area contributed by atoms with Crippen molar-refractivity contribution in [3.05, 3.63) is 44.1 Å². The summed E-state index contributed by atoms with van der Waals surface area (Å²) < 4.78 is 5.62. The van der Waals surface area contributed by atoms with Crippen molar-refractivity contribution < 1.29 is 9.25 Å². The SMILES string of the molecule is CCCCOn1c(=O)oc2ccc(Cl)cc2c1=O. The van der Waals surface area contributed by atoms with Crippen molar-refractivity contribution in [2.45, 2.75) is 19.8 Å². The monoisotopic (exact) mass is 269 g/mol. The van der Waals surface area contributed by atoms with E-state index >= 15 is 0 Å². The Morgan fingerprint density at radius 1 is 1.39 bits per heavy atom. The molecule has 0 spiro atoms. The van der Waals surface area contributed by atoms with Gasteiger partial charge in [-0.15, -0.1) is 0 Å². The average Bonchev–Trinajstić information content (AvgIpc) is 2.35. The zero-order valence-corrected chi connectivity index (χ0v) is 10.6. The molecule has 0 saturated heterocycles. The van der Waals surface area contributed by atoms with E-state index in [0.29, 0.717) is 9.75 Å². The molecule has 0 aliphatic rings. The Morgan fingerprint density at radius 3 is 2.89 bits per heavy atom. The van der Waals surface area contributed by atoms with Gasteiger partial charge in [0.05, 0.1) is 5.39 Å². The van der Waals surface area contributed by atoms with E-state index in [1.165, 1.54) is 12.1 Å². The predicted molar refractivity (Wildman–Crippen MR) is 68.1 cm³/mol. The van der Waals surface area contributed by atoms with E-state index in [-0.39, 0.29) is 17.6 Å². The minimum atomic E-state index is -0.828. The van der Waals surface area contributed by atoms with Crippen LogP contribution in [-0.4, -0.2) is 11.3 Å². The highest BCUT2D eigenvalue weighted by Gasteiger charge is 2.10. The van der Waals surface area contributed by atoms with Gasteiger partial charge in [0.1, 0.15) is 12.2 Å². The number of fused-ring (bicyclic) bond motifs is 1. The van der Waals surface area contributed by atoms with Crippen LogP contribution >= 0.6 is 11.6 Å². The molecule has 1 aromatic carbocycles. The number of hydrogen-bond donors (Lipinski definition) is 0. The molecule has 0 aliphatic heterocycles. The van der Waals surface area contributed by atoms with Crippen LogP contribution in [0.15, 0.2) is 32.2 Å². The van der Waals surface area contributed by atoms with Gasteiger partial charge in [-0.2, -0.15) is 0 Å². The lowest BCUT2D eigenvalue weighted by molar-refractivity contribution is 0.0766. The smallest absolute Gasteiger partial charge is 0.407 e. The van der Waals surface area contributed by atoms with Crippen molar-refractivity contribution in [3.8, 4) is 0 Å². The molecule has 96 valence electrons. The molecule has 5 nitrogen and oxygen atoms in total. The summed E-state index contributed by atoms with van der Waals surface area (Å²) in [6.45, 7) is 2.27. The fourth-order valence-electron chi connectivity index (χ4n) is 1.50. The van der Waals surface area contributed by atoms with Gasteiger partial charge < -0.3 is 9.25 Å². The molecule has 6 heteroatoms. The van der Waals surface area contributed by atoms with Crippen LogP contribution in [0.5, 0.6) is 0 Å². The first-order valence-corrected chi connectivity index (χ1v) is 6.00. The van der Waals surface area contributed by atoms with Gasteiger partial charge in [-0.25, -0.2) is 4.79 Å². The topological polar surface area (TPSA) is 61.4 Å². The first-order valence-electron chi connectivity index (χ1n) is 5.62. The number of benzene rings is 1. The number of aromatic nitrogens is 1. The van der Waals surface area contributed by atoms with Crippen LogP contribution in [0.25, 0.3) is 11.0 Å². The maximum Gasteiger partial charge on any atom is 0.456 e. The summed E-state index contributed by atoms with van der Waals surface area (Å²) in [6, 6.07) is 4.48. The molecular weight excluding hydrogens is 258 g/mol. The Morgan fingerprint density at radius 2 is 2.17 bits per heavy atom. The summed E-state index contributed by atoms with van der Waals surface area (Å²) in [5.74, 6) is -0.828. The lowest BCUT2D eigenvalue weighted by Gasteiger charge is -2.06. The predicted octanol–water partition coefficient (Wildman–Crippen LogP) is 1.84. The molecule has 0 saturated carbocycles. The molecule has 0 bridgehead atoms. The first kappa shape index (κ1) is 12.7. The van der Waals surface area contributed by atoms with Crippen molar-refractivity contribution in [2.75, 3.05) is 6.61 Å². The third kappa shape index (κ3) is 2.41. The fraction of sp³-hybridized carbons (Fsp3) is 0.333. The van der Waals surface area contributed by atoms with Gasteiger partial charge in [-0.1, -0.05) is 29.7 Å². The second kappa shape index (κ2) is 5.27. The van der Waals surface area contributed by atoms with Crippen LogP contribution in [0.4, 0.5) is 0 Å². The summed E-state index contributed by atoms with van der Waals surface area (Å²) in [4.78, 5) is 28.7. The molecule has 2 rings (SSSR count). The van der Waals surface area contributed by atoms with Crippen LogP contribution in [-0.2, 0) is 0 Å². The number of nitrogens with zero attached hydrogens (tertiary/aromatic N) is 1. The third-order valence-corrected chi connectivity index (χ3v) is 2.67. The number of rotatable bonds is 4. The molecule has 0 fully saturated rings. The second-order valence-corrected chi connectivity index (χ2v) is 4.23. The van der Waals surface area contributed by atoms with E-state index in [1.807, 2.05) is 6.92 Å². The highest BCUT2D eigenvalue weighted by molar-refractivity contribution is 6.31. The van der Waals surface area contributed by atoms with E-state index in [9.17, 15) is 9.59 Å². The molecule has 1 heterocycles. The number of halogens is 1. The fourth-order valence-corrected chi connectivity index (χ4v) is 1.67. The normalized spacial score (nSPS) is 10.8. The van der Waals surface area contributed by atoms with Crippen LogP contribution in [0, 0.1) is 0 Å². The van der Waals surface area contributed by atoms with Crippen molar-refractivity contribution in [1.29, 1.82) is 0 Å². The van der Waals surface area contributed by atoms with E-state index in [1.54, 1.807) is 6.07 Å². The van der Waals surface area contributed by atoms with E-state index in [0.717, 1.165) is 12.8 Å². The number of hydrogen-bond acceptors (Lipinski definition) is 4. The van der Waals surface area contributed by atoms with Crippen LogP contribution in [0.2, 0.25) is 5.02 Å². The Labute approximate surface area is 108 Å². The Kier molecular flexibility index (Phi) is 3.72. The Bertz CT molecular complexity index is 674. The maximum atomic E-state index is 12.0. The van der Waals surface area contributed by atoms with E-state index < -0.39 is 11.3 Å². The lowest BCUT2D eigenvalue weighted by Crippen LogP contribution is -2.38. The molecule has 0 aliphatic carbocycles. The van der Waals surface area contributed by atoms with Crippen molar-refractivity contribution in [2.24, 2.45) is 0 Å². The van der Waals surface area contributed by atoms with Crippen molar-refractivity contribution in [1.82, 2.24) is 4.73 Å². The molecule has 1 aromatic heterocycles. The van der Waals surface area contributed by atoms with Crippen LogP contribution in [0.1, 0.15) is 19.8 Å². The highest BCUT2D eigenvalue weighted by Crippen LogP contribution is 2.14. The highest BCUT2D eigenvalue weighted by atomic mass is 35.5. The van der Waals surface area contributed by atoms with Gasteiger partial charge in [0.25, 0.3) is 0 Å². The second-order valence-electron chi connectivity index (χ2n) is 3.79. The van der Waals surface area contributed by atoms with E-state index in [2.05, 4.69) is 0 Å². The zero-order chi connectivity index (χ0) is 13.1. The molecule has 0 radical (unpaired) electrons. The largest absolute Gasteiger partial charge is 0.456 e. The molecule has 0 unspecified atom stereocenters. The molecule has 18 heavy (non-hydrogen) atoms. The van der Waals surface area contributed by atoms with Crippen molar-refractivity contribution >= 4 is 22.6 Å². The third-order valence-electron chi connectivity index (χ3n) is 2.44. The Hall–Kier alpha value is -1.75. The molecule has 0 amide bonds. The quantitative estimate of drug-likeness (QED) is 0.795. The molecular formula is C12H12ClNO4. The minimum Gasteiger partial charge on any atom is -0.407 e. The Balaban J connectivity index is 2.53. The van der Waals surface area contributed by atoms with E-state index in [4.69, 9.17) is 20.9 Å². The first-order chi connectivity index (χ1) is 8.63.